The van der Waals surface area contributed by atoms with Gasteiger partial charge in [-0.25, -0.2) is 9.97 Å². The third-order valence-electron chi connectivity index (χ3n) is 3.87. The van der Waals surface area contributed by atoms with E-state index < -0.39 is 0 Å². The van der Waals surface area contributed by atoms with Crippen molar-refractivity contribution in [2.75, 3.05) is 37.8 Å². The summed E-state index contributed by atoms with van der Waals surface area (Å²) >= 11 is 0. The van der Waals surface area contributed by atoms with Crippen molar-refractivity contribution >= 4 is 17.5 Å². The van der Waals surface area contributed by atoms with Gasteiger partial charge < -0.3 is 15.5 Å². The molecule has 0 aliphatic heterocycles. The number of rotatable bonds is 7. The second-order valence-corrected chi connectivity index (χ2v) is 6.52. The molecule has 1 aromatic carbocycles. The molecule has 2 N–H and O–H groups in total. The highest BCUT2D eigenvalue weighted by molar-refractivity contribution is 6.03. The third kappa shape index (κ3) is 5.53. The smallest absolute Gasteiger partial charge is 0.274 e. The van der Waals surface area contributed by atoms with Gasteiger partial charge in [0.15, 0.2) is 0 Å². The fourth-order valence-corrected chi connectivity index (χ4v) is 2.55. The van der Waals surface area contributed by atoms with E-state index in [0.29, 0.717) is 11.6 Å². The normalized spacial score (nSPS) is 10.8. The monoisotopic (exact) mass is 341 g/mol. The van der Waals surface area contributed by atoms with Crippen LogP contribution in [0.1, 0.15) is 33.7 Å². The molecule has 2 aromatic rings. The maximum atomic E-state index is 12.6. The lowest BCUT2D eigenvalue weighted by atomic mass is 10.1. The lowest BCUT2D eigenvalue weighted by Crippen LogP contribution is -2.19. The fourth-order valence-electron chi connectivity index (χ4n) is 2.55. The van der Waals surface area contributed by atoms with Gasteiger partial charge in [-0.05, 0) is 65.0 Å². The summed E-state index contributed by atoms with van der Waals surface area (Å²) in [5, 5.41) is 6.16. The number of nitrogens with zero attached hydrogens (tertiary/aromatic N) is 3. The summed E-state index contributed by atoms with van der Waals surface area (Å²) in [4.78, 5) is 23.5. The molecule has 1 heterocycles. The Morgan fingerprint density at radius 1 is 1.12 bits per heavy atom. The van der Waals surface area contributed by atoms with Crippen molar-refractivity contribution in [1.82, 2.24) is 14.9 Å². The molecule has 0 unspecified atom stereocenters. The molecule has 134 valence electrons. The van der Waals surface area contributed by atoms with E-state index in [4.69, 9.17) is 0 Å². The molecule has 0 saturated heterocycles. The van der Waals surface area contributed by atoms with Gasteiger partial charge >= 0.3 is 0 Å². The number of anilines is 2. The van der Waals surface area contributed by atoms with Crippen LogP contribution in [0.15, 0.2) is 24.3 Å². The van der Waals surface area contributed by atoms with Crippen LogP contribution >= 0.6 is 0 Å². The maximum Gasteiger partial charge on any atom is 0.274 e. The SMILES string of the molecule is Cc1cc(C(=O)Nc2c(C)cccc2C)nc(NCCCN(C)C)n1. The van der Waals surface area contributed by atoms with E-state index in [0.717, 1.165) is 42.0 Å². The summed E-state index contributed by atoms with van der Waals surface area (Å²) in [5.74, 6) is 0.268. The standard InChI is InChI=1S/C19H27N5O/c1-13-8-6-9-14(2)17(13)23-18(25)16-12-15(3)21-19(22-16)20-10-7-11-24(4)5/h6,8-9,12H,7,10-11H2,1-5H3,(H,23,25)(H,20,21,22). The van der Waals surface area contributed by atoms with Crippen molar-refractivity contribution in [2.24, 2.45) is 0 Å². The van der Waals surface area contributed by atoms with E-state index in [1.807, 2.05) is 53.1 Å². The summed E-state index contributed by atoms with van der Waals surface area (Å²) in [5.41, 5.74) is 4.02. The number of nitrogens with one attached hydrogen (secondary N) is 2. The maximum absolute atomic E-state index is 12.6. The zero-order chi connectivity index (χ0) is 18.4. The molecule has 0 saturated carbocycles. The lowest BCUT2D eigenvalue weighted by molar-refractivity contribution is 0.102. The van der Waals surface area contributed by atoms with Gasteiger partial charge in [0.1, 0.15) is 5.69 Å². The van der Waals surface area contributed by atoms with Crippen LogP contribution < -0.4 is 10.6 Å². The Labute approximate surface area is 149 Å². The topological polar surface area (TPSA) is 70.2 Å². The van der Waals surface area contributed by atoms with Crippen LogP contribution in [-0.2, 0) is 0 Å². The molecular formula is C19H27N5O. The van der Waals surface area contributed by atoms with Gasteiger partial charge in [-0.2, -0.15) is 0 Å². The molecule has 0 atom stereocenters. The Bertz CT molecular complexity index is 722. The number of carbonyl (C=O) groups is 1. The molecule has 6 heteroatoms. The van der Waals surface area contributed by atoms with Crippen molar-refractivity contribution in [2.45, 2.75) is 27.2 Å². The third-order valence-corrected chi connectivity index (χ3v) is 3.87. The van der Waals surface area contributed by atoms with Crippen molar-refractivity contribution in [1.29, 1.82) is 0 Å². The summed E-state index contributed by atoms with van der Waals surface area (Å²) in [6.45, 7) is 7.57. The van der Waals surface area contributed by atoms with Crippen molar-refractivity contribution < 1.29 is 4.79 Å². The summed E-state index contributed by atoms with van der Waals surface area (Å²) < 4.78 is 0. The average Bonchev–Trinajstić information content (AvgIpc) is 2.54. The van der Waals surface area contributed by atoms with Crippen molar-refractivity contribution in [3.05, 3.63) is 46.8 Å². The Morgan fingerprint density at radius 2 is 1.80 bits per heavy atom. The van der Waals surface area contributed by atoms with Crippen LogP contribution in [-0.4, -0.2) is 48.0 Å². The summed E-state index contributed by atoms with van der Waals surface area (Å²) in [6, 6.07) is 7.63. The molecule has 25 heavy (non-hydrogen) atoms. The van der Waals surface area contributed by atoms with E-state index >= 15 is 0 Å². The molecule has 0 fully saturated rings. The predicted molar refractivity (Wildman–Crippen MR) is 102 cm³/mol. The van der Waals surface area contributed by atoms with Crippen molar-refractivity contribution in [3.8, 4) is 0 Å². The van der Waals surface area contributed by atoms with Crippen LogP contribution in [0.4, 0.5) is 11.6 Å². The van der Waals surface area contributed by atoms with Gasteiger partial charge in [-0.3, -0.25) is 4.79 Å². The fraction of sp³-hybridized carbons (Fsp3) is 0.421. The zero-order valence-corrected chi connectivity index (χ0v) is 15.7. The largest absolute Gasteiger partial charge is 0.354 e. The molecule has 0 bridgehead atoms. The molecular weight excluding hydrogens is 314 g/mol. The van der Waals surface area contributed by atoms with E-state index in [-0.39, 0.29) is 5.91 Å². The highest BCUT2D eigenvalue weighted by Gasteiger charge is 2.13. The van der Waals surface area contributed by atoms with Crippen LogP contribution in [0.5, 0.6) is 0 Å². The van der Waals surface area contributed by atoms with Gasteiger partial charge in [0.2, 0.25) is 5.95 Å². The molecule has 6 nitrogen and oxygen atoms in total. The Kier molecular flexibility index (Phi) is 6.47. The molecule has 0 radical (unpaired) electrons. The number of carbonyl (C=O) groups excluding carboxylic acids is 1. The minimum Gasteiger partial charge on any atom is -0.354 e. The number of aromatic nitrogens is 2. The first-order valence-electron chi connectivity index (χ1n) is 8.48. The summed E-state index contributed by atoms with van der Waals surface area (Å²) in [6.07, 6.45) is 0.980. The molecule has 2 rings (SSSR count). The van der Waals surface area contributed by atoms with Gasteiger partial charge in [0.05, 0.1) is 0 Å². The summed E-state index contributed by atoms with van der Waals surface area (Å²) in [7, 11) is 4.08. The van der Waals surface area contributed by atoms with Gasteiger partial charge in [0.25, 0.3) is 5.91 Å². The van der Waals surface area contributed by atoms with Crippen molar-refractivity contribution in [3.63, 3.8) is 0 Å². The first-order valence-corrected chi connectivity index (χ1v) is 8.48. The minimum absolute atomic E-state index is 0.223. The number of para-hydroxylation sites is 1. The lowest BCUT2D eigenvalue weighted by Gasteiger charge is -2.13. The Morgan fingerprint density at radius 3 is 2.44 bits per heavy atom. The van der Waals surface area contributed by atoms with Gasteiger partial charge in [-0.1, -0.05) is 18.2 Å². The first-order chi connectivity index (χ1) is 11.9. The number of benzene rings is 1. The highest BCUT2D eigenvalue weighted by Crippen LogP contribution is 2.20. The second-order valence-electron chi connectivity index (χ2n) is 6.52. The second kappa shape index (κ2) is 8.58. The van der Waals surface area contributed by atoms with Crippen LogP contribution in [0.25, 0.3) is 0 Å². The van der Waals surface area contributed by atoms with Gasteiger partial charge in [0, 0.05) is 17.9 Å². The molecule has 0 aliphatic carbocycles. The number of amides is 1. The van der Waals surface area contributed by atoms with Crippen LogP contribution in [0.2, 0.25) is 0 Å². The van der Waals surface area contributed by atoms with Crippen LogP contribution in [0.3, 0.4) is 0 Å². The van der Waals surface area contributed by atoms with E-state index in [2.05, 4.69) is 25.5 Å². The molecule has 1 amide bonds. The predicted octanol–water partition coefficient (Wildman–Crippen LogP) is 3.02. The number of aryl methyl sites for hydroxylation is 3. The quantitative estimate of drug-likeness (QED) is 0.758. The number of hydrogen-bond acceptors (Lipinski definition) is 5. The Hall–Kier alpha value is -2.47. The zero-order valence-electron chi connectivity index (χ0n) is 15.7. The highest BCUT2D eigenvalue weighted by atomic mass is 16.1. The average molecular weight is 341 g/mol. The van der Waals surface area contributed by atoms with E-state index in [9.17, 15) is 4.79 Å². The Balaban J connectivity index is 2.09. The number of hydrogen-bond donors (Lipinski definition) is 2. The molecule has 0 aliphatic rings. The van der Waals surface area contributed by atoms with E-state index in [1.54, 1.807) is 6.07 Å². The first kappa shape index (κ1) is 18.9. The van der Waals surface area contributed by atoms with E-state index in [1.165, 1.54) is 0 Å². The molecule has 0 spiro atoms. The molecule has 1 aromatic heterocycles. The van der Waals surface area contributed by atoms with Gasteiger partial charge in [-0.15, -0.1) is 0 Å². The minimum atomic E-state index is -0.223. The van der Waals surface area contributed by atoms with Crippen LogP contribution in [0, 0.1) is 20.8 Å².